The van der Waals surface area contributed by atoms with Gasteiger partial charge in [0.2, 0.25) is 11.8 Å². The Morgan fingerprint density at radius 1 is 1.20 bits per heavy atom. The zero-order valence-corrected chi connectivity index (χ0v) is 10.2. The summed E-state index contributed by atoms with van der Waals surface area (Å²) in [5, 5.41) is 2.73. The molecule has 0 aromatic carbocycles. The number of rotatable bonds is 4. The molecule has 4 nitrogen and oxygen atoms in total. The summed E-state index contributed by atoms with van der Waals surface area (Å²) in [4.78, 5) is 22.4. The van der Waals surface area contributed by atoms with E-state index < -0.39 is 11.3 Å². The number of primary amides is 1. The molecule has 0 saturated heterocycles. The van der Waals surface area contributed by atoms with Crippen LogP contribution < -0.4 is 11.1 Å². The van der Waals surface area contributed by atoms with E-state index in [1.807, 2.05) is 20.8 Å². The van der Waals surface area contributed by atoms with E-state index in [1.54, 1.807) is 13.8 Å². The predicted octanol–water partition coefficient (Wildman–Crippen LogP) is 0.864. The van der Waals surface area contributed by atoms with Crippen LogP contribution in [0.5, 0.6) is 0 Å². The maximum absolute atomic E-state index is 11.4. The Labute approximate surface area is 91.6 Å². The number of nitrogens with one attached hydrogen (secondary N) is 1. The topological polar surface area (TPSA) is 72.2 Å². The van der Waals surface area contributed by atoms with E-state index in [1.165, 1.54) is 6.42 Å². The van der Waals surface area contributed by atoms with Crippen LogP contribution in [0.2, 0.25) is 0 Å². The number of carbonyl (C=O) groups excluding carboxylic acids is 2. The molecule has 0 saturated carbocycles. The molecule has 0 unspecified atom stereocenters. The molecule has 3 N–H and O–H groups in total. The summed E-state index contributed by atoms with van der Waals surface area (Å²) >= 11 is 0. The van der Waals surface area contributed by atoms with E-state index >= 15 is 0 Å². The molecule has 0 aliphatic rings. The van der Waals surface area contributed by atoms with Crippen molar-refractivity contribution in [2.75, 3.05) is 6.54 Å². The first-order valence-corrected chi connectivity index (χ1v) is 4.98. The van der Waals surface area contributed by atoms with Crippen LogP contribution in [-0.2, 0) is 9.59 Å². The van der Waals surface area contributed by atoms with Gasteiger partial charge in [0.25, 0.3) is 0 Å². The Bertz CT molecular complexity index is 252. The van der Waals surface area contributed by atoms with Gasteiger partial charge in [-0.1, -0.05) is 34.6 Å². The van der Waals surface area contributed by atoms with Gasteiger partial charge in [0.15, 0.2) is 0 Å². The first kappa shape index (κ1) is 13.9. The summed E-state index contributed by atoms with van der Waals surface area (Å²) in [6.07, 6.45) is 1.32. The fraction of sp³-hybridized carbons (Fsp3) is 0.727. The number of nitrogens with two attached hydrogens (primary N) is 1. The molecular weight excluding hydrogens is 192 g/mol. The van der Waals surface area contributed by atoms with Crippen molar-refractivity contribution in [3.63, 3.8) is 0 Å². The Hall–Kier alpha value is -1.06. The van der Waals surface area contributed by atoms with Crippen LogP contribution in [-0.4, -0.2) is 18.4 Å². The molecule has 15 heavy (non-hydrogen) atoms. The molecule has 0 aromatic heterocycles. The minimum atomic E-state index is -0.901. The summed E-state index contributed by atoms with van der Waals surface area (Å²) in [7, 11) is 0. The second kappa shape index (κ2) is 4.64. The molecule has 0 atom stereocenters. The molecule has 0 aliphatic heterocycles. The molecule has 0 rings (SSSR count). The number of hydrogen-bond donors (Lipinski definition) is 2. The summed E-state index contributed by atoms with van der Waals surface area (Å²) in [5.74, 6) is -0.762. The van der Waals surface area contributed by atoms with Gasteiger partial charge in [0.05, 0.1) is 11.8 Å². The Balaban J connectivity index is 4.11. The summed E-state index contributed by atoms with van der Waals surface area (Å²) in [5.41, 5.74) is 4.28. The summed E-state index contributed by atoms with van der Waals surface area (Å²) < 4.78 is 0. The first-order chi connectivity index (χ1) is 6.54. The third-order valence-corrected chi connectivity index (χ3v) is 1.92. The highest BCUT2D eigenvalue weighted by atomic mass is 16.2. The van der Waals surface area contributed by atoms with Crippen LogP contribution >= 0.6 is 0 Å². The molecule has 0 spiro atoms. The molecule has 87 valence electrons. The maximum Gasteiger partial charge on any atom is 0.225 e. The average Bonchev–Trinajstić information content (AvgIpc) is 1.98. The Kier molecular flexibility index (Phi) is 4.31. The number of hydrogen-bond acceptors (Lipinski definition) is 2. The van der Waals surface area contributed by atoms with Crippen molar-refractivity contribution in [1.82, 2.24) is 5.32 Å². The Morgan fingerprint density at radius 2 is 1.67 bits per heavy atom. The third-order valence-electron chi connectivity index (χ3n) is 1.92. The van der Waals surface area contributed by atoms with Gasteiger partial charge in [0, 0.05) is 6.54 Å². The highest BCUT2D eigenvalue weighted by Gasteiger charge is 2.28. The van der Waals surface area contributed by atoms with Gasteiger partial charge in [-0.3, -0.25) is 9.59 Å². The van der Waals surface area contributed by atoms with Gasteiger partial charge in [-0.25, -0.2) is 0 Å². The lowest BCUT2D eigenvalue weighted by molar-refractivity contribution is -0.128. The average molecular weight is 213 g/mol. The SMILES string of the molecule is CC(C)(C)CNC(=O)[CH]C(C)(C)C(N)=O. The highest BCUT2D eigenvalue weighted by Crippen LogP contribution is 2.18. The second-order valence-electron chi connectivity index (χ2n) is 5.51. The summed E-state index contributed by atoms with van der Waals surface area (Å²) in [6, 6.07) is 0. The minimum absolute atomic E-state index is 0.0281. The van der Waals surface area contributed by atoms with Crippen molar-refractivity contribution in [3.05, 3.63) is 6.42 Å². The van der Waals surface area contributed by atoms with Crippen molar-refractivity contribution < 1.29 is 9.59 Å². The smallest absolute Gasteiger partial charge is 0.225 e. The van der Waals surface area contributed by atoms with Crippen molar-refractivity contribution >= 4 is 11.8 Å². The standard InChI is InChI=1S/C11H21N2O2/c1-10(2,3)7-13-8(14)6-11(4,5)9(12)15/h6H,7H2,1-5H3,(H2,12,15)(H,13,14). The van der Waals surface area contributed by atoms with Crippen LogP contribution in [0.3, 0.4) is 0 Å². The summed E-state index contributed by atoms with van der Waals surface area (Å²) in [6.45, 7) is 9.86. The molecule has 0 fully saturated rings. The van der Waals surface area contributed by atoms with Gasteiger partial charge in [-0.2, -0.15) is 0 Å². The van der Waals surface area contributed by atoms with E-state index in [2.05, 4.69) is 5.32 Å². The van der Waals surface area contributed by atoms with Crippen LogP contribution in [0.25, 0.3) is 0 Å². The highest BCUT2D eigenvalue weighted by molar-refractivity contribution is 5.94. The van der Waals surface area contributed by atoms with Crippen LogP contribution in [0.1, 0.15) is 34.6 Å². The van der Waals surface area contributed by atoms with Crippen molar-refractivity contribution in [1.29, 1.82) is 0 Å². The van der Waals surface area contributed by atoms with Gasteiger partial charge in [-0.15, -0.1) is 0 Å². The van der Waals surface area contributed by atoms with Crippen LogP contribution in [0, 0.1) is 17.3 Å². The molecule has 0 bridgehead atoms. The van der Waals surface area contributed by atoms with Gasteiger partial charge < -0.3 is 11.1 Å². The Morgan fingerprint density at radius 3 is 2.00 bits per heavy atom. The molecule has 2 amide bonds. The molecule has 0 aromatic rings. The molecule has 0 heterocycles. The lowest BCUT2D eigenvalue weighted by Crippen LogP contribution is -2.40. The second-order valence-corrected chi connectivity index (χ2v) is 5.51. The van der Waals surface area contributed by atoms with E-state index in [-0.39, 0.29) is 11.3 Å². The zero-order valence-electron chi connectivity index (χ0n) is 10.2. The number of carbonyl (C=O) groups is 2. The lowest BCUT2D eigenvalue weighted by atomic mass is 9.88. The molecular formula is C11H21N2O2. The fourth-order valence-electron chi connectivity index (χ4n) is 0.802. The predicted molar refractivity (Wildman–Crippen MR) is 59.7 cm³/mol. The van der Waals surface area contributed by atoms with E-state index in [9.17, 15) is 9.59 Å². The number of amides is 2. The third kappa shape index (κ3) is 6.10. The van der Waals surface area contributed by atoms with Gasteiger partial charge >= 0.3 is 0 Å². The van der Waals surface area contributed by atoms with Crippen molar-refractivity contribution in [2.45, 2.75) is 34.6 Å². The van der Waals surface area contributed by atoms with Gasteiger partial charge in [0.1, 0.15) is 0 Å². The zero-order chi connectivity index (χ0) is 12.3. The van der Waals surface area contributed by atoms with Crippen LogP contribution in [0.4, 0.5) is 0 Å². The fourth-order valence-corrected chi connectivity index (χ4v) is 0.802. The normalized spacial score (nSPS) is 12.3. The van der Waals surface area contributed by atoms with Gasteiger partial charge in [-0.05, 0) is 5.41 Å². The molecule has 4 heteroatoms. The van der Waals surface area contributed by atoms with Crippen LogP contribution in [0.15, 0.2) is 0 Å². The lowest BCUT2D eigenvalue weighted by Gasteiger charge is -2.22. The first-order valence-electron chi connectivity index (χ1n) is 4.98. The van der Waals surface area contributed by atoms with E-state index in [4.69, 9.17) is 5.73 Å². The monoisotopic (exact) mass is 213 g/mol. The minimum Gasteiger partial charge on any atom is -0.369 e. The quantitative estimate of drug-likeness (QED) is 0.727. The largest absolute Gasteiger partial charge is 0.369 e. The van der Waals surface area contributed by atoms with E-state index in [0.29, 0.717) is 6.54 Å². The maximum atomic E-state index is 11.4. The van der Waals surface area contributed by atoms with E-state index in [0.717, 1.165) is 0 Å². The van der Waals surface area contributed by atoms with Crippen molar-refractivity contribution in [3.8, 4) is 0 Å². The van der Waals surface area contributed by atoms with Crippen molar-refractivity contribution in [2.24, 2.45) is 16.6 Å². The molecule has 1 radical (unpaired) electrons. The molecule has 0 aliphatic carbocycles.